The monoisotopic (exact) mass is 195 g/mol. The van der Waals surface area contributed by atoms with Crippen molar-refractivity contribution >= 4 is 11.8 Å². The Bertz CT molecular complexity index is 271. The molecule has 0 amide bonds. The number of hydrogen-bond donors (Lipinski definition) is 1. The summed E-state index contributed by atoms with van der Waals surface area (Å²) in [6.45, 7) is 6.31. The second-order valence-electron chi connectivity index (χ2n) is 3.08. The van der Waals surface area contributed by atoms with Gasteiger partial charge < -0.3 is 5.32 Å². The molecule has 1 aromatic rings. The lowest BCUT2D eigenvalue weighted by Crippen LogP contribution is -2.11. The molecular formula is C11H17NS. The molecule has 1 aromatic carbocycles. The molecule has 0 atom stereocenters. The van der Waals surface area contributed by atoms with Gasteiger partial charge in [0.2, 0.25) is 0 Å². The maximum Gasteiger partial charge on any atom is 0.0205 e. The second-order valence-corrected chi connectivity index (χ2v) is 3.93. The van der Waals surface area contributed by atoms with Gasteiger partial charge in [0.25, 0.3) is 0 Å². The lowest BCUT2D eigenvalue weighted by atomic mass is 10.1. The van der Waals surface area contributed by atoms with Crippen LogP contribution in [0.2, 0.25) is 0 Å². The molecule has 0 heterocycles. The first-order valence-corrected chi connectivity index (χ1v) is 5.84. The number of aryl methyl sites for hydroxylation is 1. The summed E-state index contributed by atoms with van der Waals surface area (Å²) in [5.74, 6) is 0. The second kappa shape index (κ2) is 5.30. The Balaban J connectivity index is 2.71. The Hall–Kier alpha value is -0.470. The fourth-order valence-electron chi connectivity index (χ4n) is 1.32. The molecule has 0 aliphatic carbocycles. The van der Waals surface area contributed by atoms with E-state index in [9.17, 15) is 0 Å². The predicted octanol–water partition coefficient (Wildman–Crippen LogP) is 2.83. The Morgan fingerprint density at radius 3 is 2.69 bits per heavy atom. The van der Waals surface area contributed by atoms with Crippen molar-refractivity contribution < 1.29 is 0 Å². The third-order valence-electron chi connectivity index (χ3n) is 2.04. The number of nitrogens with one attached hydrogen (secondary N) is 1. The maximum atomic E-state index is 3.32. The van der Waals surface area contributed by atoms with E-state index in [1.807, 2.05) is 11.8 Å². The molecule has 0 spiro atoms. The van der Waals surface area contributed by atoms with Gasteiger partial charge >= 0.3 is 0 Å². The van der Waals surface area contributed by atoms with Crippen LogP contribution in [-0.2, 0) is 6.54 Å². The highest BCUT2D eigenvalue weighted by molar-refractivity contribution is 7.98. The van der Waals surface area contributed by atoms with E-state index < -0.39 is 0 Å². The van der Waals surface area contributed by atoms with Crippen molar-refractivity contribution in [3.63, 3.8) is 0 Å². The van der Waals surface area contributed by atoms with Crippen molar-refractivity contribution in [1.29, 1.82) is 0 Å². The average Bonchev–Trinajstić information content (AvgIpc) is 2.15. The van der Waals surface area contributed by atoms with Gasteiger partial charge in [0.05, 0.1) is 0 Å². The van der Waals surface area contributed by atoms with Gasteiger partial charge in [-0.2, -0.15) is 0 Å². The first kappa shape index (κ1) is 10.6. The van der Waals surface area contributed by atoms with E-state index in [1.54, 1.807) is 0 Å². The fraction of sp³-hybridized carbons (Fsp3) is 0.455. The molecule has 1 nitrogen and oxygen atoms in total. The largest absolute Gasteiger partial charge is 0.313 e. The van der Waals surface area contributed by atoms with E-state index in [4.69, 9.17) is 0 Å². The highest BCUT2D eigenvalue weighted by atomic mass is 32.2. The zero-order chi connectivity index (χ0) is 9.68. The van der Waals surface area contributed by atoms with Gasteiger partial charge in [-0.25, -0.2) is 0 Å². The minimum Gasteiger partial charge on any atom is -0.313 e. The van der Waals surface area contributed by atoms with Crippen molar-refractivity contribution in [2.75, 3.05) is 12.8 Å². The molecule has 0 aliphatic heterocycles. The standard InChI is InChI=1S/C11H17NS/c1-4-12-8-10-5-6-11(13-3)9(2)7-10/h5-7,12H,4,8H2,1-3H3. The number of benzene rings is 1. The topological polar surface area (TPSA) is 12.0 Å². The fourth-order valence-corrected chi connectivity index (χ4v) is 1.90. The number of thioether (sulfide) groups is 1. The third-order valence-corrected chi connectivity index (χ3v) is 2.94. The van der Waals surface area contributed by atoms with Crippen molar-refractivity contribution in [2.24, 2.45) is 0 Å². The van der Waals surface area contributed by atoms with Gasteiger partial charge in [-0.1, -0.05) is 19.1 Å². The quantitative estimate of drug-likeness (QED) is 0.741. The molecule has 0 saturated heterocycles. The summed E-state index contributed by atoms with van der Waals surface area (Å²) in [5.41, 5.74) is 2.75. The lowest BCUT2D eigenvalue weighted by molar-refractivity contribution is 0.726. The van der Waals surface area contributed by atoms with Gasteiger partial charge in [-0.15, -0.1) is 11.8 Å². The van der Waals surface area contributed by atoms with Crippen molar-refractivity contribution in [2.45, 2.75) is 25.3 Å². The van der Waals surface area contributed by atoms with Gasteiger partial charge in [-0.05, 0) is 36.9 Å². The van der Waals surface area contributed by atoms with Crippen LogP contribution in [0.25, 0.3) is 0 Å². The van der Waals surface area contributed by atoms with E-state index in [2.05, 4.69) is 43.6 Å². The van der Waals surface area contributed by atoms with E-state index in [-0.39, 0.29) is 0 Å². The van der Waals surface area contributed by atoms with Crippen LogP contribution in [0.4, 0.5) is 0 Å². The van der Waals surface area contributed by atoms with Gasteiger partial charge in [-0.3, -0.25) is 0 Å². The maximum absolute atomic E-state index is 3.32. The lowest BCUT2D eigenvalue weighted by Gasteiger charge is -2.06. The predicted molar refractivity (Wildman–Crippen MR) is 60.3 cm³/mol. The van der Waals surface area contributed by atoms with E-state index in [0.29, 0.717) is 0 Å². The number of rotatable bonds is 4. The van der Waals surface area contributed by atoms with Crippen LogP contribution < -0.4 is 5.32 Å². The summed E-state index contributed by atoms with van der Waals surface area (Å²) >= 11 is 1.81. The van der Waals surface area contributed by atoms with Crippen LogP contribution in [0.15, 0.2) is 23.1 Å². The molecule has 0 radical (unpaired) electrons. The van der Waals surface area contributed by atoms with Crippen LogP contribution in [0.5, 0.6) is 0 Å². The SMILES string of the molecule is CCNCc1ccc(SC)c(C)c1. The van der Waals surface area contributed by atoms with Gasteiger partial charge in [0, 0.05) is 11.4 Å². The molecule has 2 heteroatoms. The van der Waals surface area contributed by atoms with Gasteiger partial charge in [0.15, 0.2) is 0 Å². The number of hydrogen-bond acceptors (Lipinski definition) is 2. The van der Waals surface area contributed by atoms with E-state index in [0.717, 1.165) is 13.1 Å². The Kier molecular flexibility index (Phi) is 4.33. The zero-order valence-electron chi connectivity index (χ0n) is 8.55. The molecule has 13 heavy (non-hydrogen) atoms. The molecule has 1 N–H and O–H groups in total. The van der Waals surface area contributed by atoms with Crippen LogP contribution in [0.1, 0.15) is 18.1 Å². The summed E-state index contributed by atoms with van der Waals surface area (Å²) < 4.78 is 0. The molecule has 0 aliphatic rings. The third kappa shape index (κ3) is 3.05. The van der Waals surface area contributed by atoms with E-state index in [1.165, 1.54) is 16.0 Å². The smallest absolute Gasteiger partial charge is 0.0205 e. The van der Waals surface area contributed by atoms with Gasteiger partial charge in [0.1, 0.15) is 0 Å². The molecule has 0 unspecified atom stereocenters. The molecule has 1 rings (SSSR count). The summed E-state index contributed by atoms with van der Waals surface area (Å²) in [7, 11) is 0. The van der Waals surface area contributed by atoms with Crippen molar-refractivity contribution in [3.05, 3.63) is 29.3 Å². The molecule has 72 valence electrons. The zero-order valence-corrected chi connectivity index (χ0v) is 9.37. The average molecular weight is 195 g/mol. The summed E-state index contributed by atoms with van der Waals surface area (Å²) in [5, 5.41) is 3.32. The van der Waals surface area contributed by atoms with Crippen LogP contribution in [-0.4, -0.2) is 12.8 Å². The van der Waals surface area contributed by atoms with Crippen LogP contribution >= 0.6 is 11.8 Å². The van der Waals surface area contributed by atoms with Crippen LogP contribution in [0, 0.1) is 6.92 Å². The molecule has 0 bridgehead atoms. The van der Waals surface area contributed by atoms with Crippen LogP contribution in [0.3, 0.4) is 0 Å². The first-order chi connectivity index (χ1) is 6.27. The Morgan fingerprint density at radius 1 is 1.38 bits per heavy atom. The Labute approximate surface area is 84.9 Å². The molecule has 0 fully saturated rings. The highest BCUT2D eigenvalue weighted by Gasteiger charge is 1.97. The summed E-state index contributed by atoms with van der Waals surface area (Å²) in [4.78, 5) is 1.38. The Morgan fingerprint density at radius 2 is 2.15 bits per heavy atom. The minimum atomic E-state index is 0.978. The van der Waals surface area contributed by atoms with E-state index >= 15 is 0 Å². The normalized spacial score (nSPS) is 10.4. The summed E-state index contributed by atoms with van der Waals surface area (Å²) in [6, 6.07) is 6.66. The van der Waals surface area contributed by atoms with Crippen molar-refractivity contribution in [1.82, 2.24) is 5.32 Å². The highest BCUT2D eigenvalue weighted by Crippen LogP contribution is 2.20. The minimum absolute atomic E-state index is 0.978. The summed E-state index contributed by atoms with van der Waals surface area (Å²) in [6.07, 6.45) is 2.12. The molecular weight excluding hydrogens is 178 g/mol. The van der Waals surface area contributed by atoms with Crippen molar-refractivity contribution in [3.8, 4) is 0 Å². The first-order valence-electron chi connectivity index (χ1n) is 4.62. The molecule has 0 saturated carbocycles. The molecule has 0 aromatic heterocycles.